The van der Waals surface area contributed by atoms with Gasteiger partial charge in [-0.15, -0.1) is 0 Å². The Labute approximate surface area is 252 Å². The molecule has 12 heteroatoms. The molecule has 0 amide bonds. The van der Waals surface area contributed by atoms with Crippen molar-refractivity contribution in [3.8, 4) is 23.0 Å². The highest BCUT2D eigenvalue weighted by molar-refractivity contribution is 6.01. The molecule has 3 aliphatic rings. The second-order valence-electron chi connectivity index (χ2n) is 12.1. The van der Waals surface area contributed by atoms with Gasteiger partial charge in [-0.25, -0.2) is 13.2 Å². The number of aliphatic hydroxyl groups is 1. The van der Waals surface area contributed by atoms with E-state index in [4.69, 9.17) is 9.47 Å². The molecule has 4 atom stereocenters. The van der Waals surface area contributed by atoms with E-state index in [0.717, 1.165) is 19.4 Å². The number of pyridine rings is 1. The summed E-state index contributed by atoms with van der Waals surface area (Å²) in [6.07, 6.45) is 2.28. The number of rotatable bonds is 8. The number of phenols is 1. The predicted molar refractivity (Wildman–Crippen MR) is 159 cm³/mol. The number of fused-ring (bicyclic) bond motifs is 3. The van der Waals surface area contributed by atoms with Gasteiger partial charge in [-0.2, -0.15) is 9.97 Å². The van der Waals surface area contributed by atoms with E-state index in [0.29, 0.717) is 48.9 Å². The SMILES string of the molecule is CCc1c(F)ccc2cc(O)cc(-c3ncc4c(NC[C@@H]5COC[C@@H]5O)nc(OC[C@@]56CCCN5C[C@H](F)C6)nc4c3F)c12. The lowest BCUT2D eigenvalue weighted by atomic mass is 9.94. The Hall–Kier alpha value is -3.74. The number of anilines is 1. The van der Waals surface area contributed by atoms with Crippen LogP contribution < -0.4 is 10.1 Å². The van der Waals surface area contributed by atoms with Gasteiger partial charge in [-0.05, 0) is 60.3 Å². The number of phenolic OH excluding ortho intramolecular Hbond substituents is 1. The number of nitrogens with zero attached hydrogens (tertiary/aromatic N) is 4. The summed E-state index contributed by atoms with van der Waals surface area (Å²) in [5, 5.41) is 25.2. The fourth-order valence-corrected chi connectivity index (χ4v) is 7.11. The number of halogens is 3. The van der Waals surface area contributed by atoms with E-state index in [2.05, 4.69) is 25.2 Å². The van der Waals surface area contributed by atoms with Crippen LogP contribution in [0.5, 0.6) is 11.8 Å². The molecule has 0 bridgehead atoms. The standard InChI is InChI=1S/C32H34F3N5O4/c1-2-21-24(34)5-4-17-8-20(41)9-22(26(17)21)28-27(35)29-23(12-36-28)30(37-11-18-14-43-15-25(18)42)39-31(38-29)44-16-32-6-3-7-40(32)13-19(33)10-32/h4-5,8-9,12,18-19,25,41-42H,2-3,6-7,10-11,13-16H2,1H3,(H,37,38,39)/t18-,19-,25+,32+/m1/s1. The topological polar surface area (TPSA) is 113 Å². The predicted octanol–water partition coefficient (Wildman–Crippen LogP) is 4.77. The van der Waals surface area contributed by atoms with Crippen molar-refractivity contribution in [3.63, 3.8) is 0 Å². The number of benzene rings is 2. The average molecular weight is 610 g/mol. The van der Waals surface area contributed by atoms with Crippen LogP contribution in [0.2, 0.25) is 0 Å². The van der Waals surface area contributed by atoms with Crippen LogP contribution in [-0.2, 0) is 11.2 Å². The molecule has 7 rings (SSSR count). The summed E-state index contributed by atoms with van der Waals surface area (Å²) in [5.74, 6) is -1.27. The van der Waals surface area contributed by atoms with Crippen molar-refractivity contribution in [1.29, 1.82) is 0 Å². The number of ether oxygens (including phenoxy) is 2. The Morgan fingerprint density at radius 3 is 2.86 bits per heavy atom. The number of aromatic nitrogens is 3. The van der Waals surface area contributed by atoms with Crippen molar-refractivity contribution in [2.75, 3.05) is 44.8 Å². The molecular weight excluding hydrogens is 575 g/mol. The summed E-state index contributed by atoms with van der Waals surface area (Å²) in [6, 6.07) is 5.67. The second-order valence-corrected chi connectivity index (χ2v) is 12.1. The Balaban J connectivity index is 1.33. The summed E-state index contributed by atoms with van der Waals surface area (Å²) >= 11 is 0. The quantitative estimate of drug-likeness (QED) is 0.260. The molecule has 0 saturated carbocycles. The highest BCUT2D eigenvalue weighted by Gasteiger charge is 2.49. The first kappa shape index (κ1) is 29.0. The lowest BCUT2D eigenvalue weighted by Crippen LogP contribution is -2.43. The van der Waals surface area contributed by atoms with E-state index in [1.54, 1.807) is 13.0 Å². The first-order valence-electron chi connectivity index (χ1n) is 15.1. The zero-order chi connectivity index (χ0) is 30.6. The van der Waals surface area contributed by atoms with Gasteiger partial charge in [-0.1, -0.05) is 13.0 Å². The maximum absolute atomic E-state index is 16.6. The first-order valence-corrected chi connectivity index (χ1v) is 15.1. The molecular formula is C32H34F3N5O4. The molecule has 232 valence electrons. The number of alkyl halides is 1. The number of hydrogen-bond donors (Lipinski definition) is 3. The Kier molecular flexibility index (Phi) is 7.46. The number of hydrogen-bond acceptors (Lipinski definition) is 9. The highest BCUT2D eigenvalue weighted by Crippen LogP contribution is 2.41. The van der Waals surface area contributed by atoms with Crippen molar-refractivity contribution in [3.05, 3.63) is 47.7 Å². The molecule has 44 heavy (non-hydrogen) atoms. The Morgan fingerprint density at radius 2 is 2.07 bits per heavy atom. The molecule has 5 heterocycles. The van der Waals surface area contributed by atoms with E-state index in [9.17, 15) is 19.0 Å². The number of aromatic hydroxyl groups is 1. The summed E-state index contributed by atoms with van der Waals surface area (Å²) in [5.41, 5.74) is -0.0243. The largest absolute Gasteiger partial charge is 0.508 e. The minimum atomic E-state index is -0.935. The molecule has 3 aliphatic heterocycles. The van der Waals surface area contributed by atoms with Crippen molar-refractivity contribution < 1.29 is 32.9 Å². The molecule has 2 aromatic carbocycles. The van der Waals surface area contributed by atoms with Gasteiger partial charge in [0.05, 0.1) is 30.2 Å². The van der Waals surface area contributed by atoms with Crippen LogP contribution in [0.1, 0.15) is 31.7 Å². The molecule has 0 radical (unpaired) electrons. The van der Waals surface area contributed by atoms with Gasteiger partial charge in [0.25, 0.3) is 0 Å². The number of aryl methyl sites for hydroxylation is 1. The van der Waals surface area contributed by atoms with Gasteiger partial charge in [0, 0.05) is 37.2 Å². The summed E-state index contributed by atoms with van der Waals surface area (Å²) in [6.45, 7) is 4.01. The molecule has 0 aliphatic carbocycles. The van der Waals surface area contributed by atoms with E-state index in [1.807, 2.05) is 0 Å². The van der Waals surface area contributed by atoms with Crippen LogP contribution in [0, 0.1) is 17.6 Å². The fraction of sp³-hybridized carbons (Fsp3) is 0.469. The second kappa shape index (κ2) is 11.3. The minimum absolute atomic E-state index is 0.0766. The molecule has 3 N–H and O–H groups in total. The number of aliphatic hydroxyl groups excluding tert-OH is 1. The van der Waals surface area contributed by atoms with E-state index >= 15 is 4.39 Å². The molecule has 4 aromatic rings. The minimum Gasteiger partial charge on any atom is -0.508 e. The molecule has 3 saturated heterocycles. The maximum Gasteiger partial charge on any atom is 0.319 e. The first-order chi connectivity index (χ1) is 21.3. The van der Waals surface area contributed by atoms with Gasteiger partial charge in [-0.3, -0.25) is 9.88 Å². The summed E-state index contributed by atoms with van der Waals surface area (Å²) < 4.78 is 57.3. The third-order valence-electron chi connectivity index (χ3n) is 9.35. The van der Waals surface area contributed by atoms with Gasteiger partial charge in [0.1, 0.15) is 41.4 Å². The van der Waals surface area contributed by atoms with Crippen LogP contribution in [0.15, 0.2) is 30.5 Å². The van der Waals surface area contributed by atoms with Crippen LogP contribution in [0.3, 0.4) is 0 Å². The monoisotopic (exact) mass is 609 g/mol. The fourth-order valence-electron chi connectivity index (χ4n) is 7.11. The maximum atomic E-state index is 16.6. The molecule has 9 nitrogen and oxygen atoms in total. The Bertz CT molecular complexity index is 1740. The van der Waals surface area contributed by atoms with Crippen molar-refractivity contribution in [1.82, 2.24) is 19.9 Å². The molecule has 0 unspecified atom stereocenters. The highest BCUT2D eigenvalue weighted by atomic mass is 19.1. The number of nitrogens with one attached hydrogen (secondary N) is 1. The third kappa shape index (κ3) is 4.98. The zero-order valence-electron chi connectivity index (χ0n) is 24.3. The van der Waals surface area contributed by atoms with Crippen molar-refractivity contribution in [2.24, 2.45) is 5.92 Å². The average Bonchev–Trinajstić information content (AvgIpc) is 3.68. The van der Waals surface area contributed by atoms with Crippen LogP contribution in [-0.4, -0.2) is 87.3 Å². The van der Waals surface area contributed by atoms with Gasteiger partial charge in [0.15, 0.2) is 5.82 Å². The molecule has 2 aromatic heterocycles. The van der Waals surface area contributed by atoms with Crippen LogP contribution >= 0.6 is 0 Å². The summed E-state index contributed by atoms with van der Waals surface area (Å²) in [7, 11) is 0. The molecule has 0 spiro atoms. The van der Waals surface area contributed by atoms with Crippen molar-refractivity contribution in [2.45, 2.75) is 50.4 Å². The smallest absolute Gasteiger partial charge is 0.319 e. The lowest BCUT2D eigenvalue weighted by molar-refractivity contribution is 0.107. The van der Waals surface area contributed by atoms with Crippen LogP contribution in [0.4, 0.5) is 19.0 Å². The van der Waals surface area contributed by atoms with E-state index < -0.39 is 29.4 Å². The van der Waals surface area contributed by atoms with Crippen molar-refractivity contribution >= 4 is 27.5 Å². The van der Waals surface area contributed by atoms with E-state index in [1.165, 1.54) is 24.4 Å². The zero-order valence-corrected chi connectivity index (χ0v) is 24.3. The van der Waals surface area contributed by atoms with E-state index in [-0.39, 0.29) is 58.9 Å². The lowest BCUT2D eigenvalue weighted by Gasteiger charge is -2.30. The normalized spacial score (nSPS) is 25.2. The van der Waals surface area contributed by atoms with Gasteiger partial charge in [0.2, 0.25) is 0 Å². The van der Waals surface area contributed by atoms with Crippen LogP contribution in [0.25, 0.3) is 32.9 Å². The molecule has 3 fully saturated rings. The van der Waals surface area contributed by atoms with Gasteiger partial charge < -0.3 is 25.0 Å². The Morgan fingerprint density at radius 1 is 1.20 bits per heavy atom. The van der Waals surface area contributed by atoms with Gasteiger partial charge >= 0.3 is 6.01 Å². The summed E-state index contributed by atoms with van der Waals surface area (Å²) in [4.78, 5) is 15.5. The third-order valence-corrected chi connectivity index (χ3v) is 9.35.